The fraction of sp³-hybridized carbons (Fsp3) is 0.312. The van der Waals surface area contributed by atoms with Gasteiger partial charge in [-0.1, -0.05) is 25.4 Å². The second-order valence-corrected chi connectivity index (χ2v) is 5.74. The fourth-order valence-electron chi connectivity index (χ4n) is 2.44. The summed E-state index contributed by atoms with van der Waals surface area (Å²) in [6.07, 6.45) is -7.63. The first kappa shape index (κ1) is 21.7. The van der Waals surface area contributed by atoms with E-state index in [1.807, 2.05) is 13.8 Å². The molecular weight excluding hydrogens is 412 g/mol. The van der Waals surface area contributed by atoms with Gasteiger partial charge in [0.1, 0.15) is 11.5 Å². The topological polar surface area (TPSA) is 69.6 Å². The van der Waals surface area contributed by atoms with Crippen molar-refractivity contribution in [1.82, 2.24) is 19.7 Å². The lowest BCUT2D eigenvalue weighted by Crippen LogP contribution is -2.13. The van der Waals surface area contributed by atoms with Crippen LogP contribution in [0.15, 0.2) is 18.5 Å². The molecule has 3 aromatic rings. The van der Waals surface area contributed by atoms with Crippen molar-refractivity contribution in [2.45, 2.75) is 33.1 Å². The number of halogens is 7. The molecule has 12 heteroatoms. The van der Waals surface area contributed by atoms with Gasteiger partial charge in [-0.05, 0) is 18.6 Å². The summed E-state index contributed by atoms with van der Waals surface area (Å²) in [5.41, 5.74) is 2.17. The maximum atomic E-state index is 13.3. The Kier molecular flexibility index (Phi) is 5.79. The number of rotatable bonds is 1. The van der Waals surface area contributed by atoms with Crippen molar-refractivity contribution in [3.05, 3.63) is 40.3 Å². The normalized spacial score (nSPS) is 12.1. The van der Waals surface area contributed by atoms with Crippen LogP contribution in [0.4, 0.5) is 32.2 Å². The van der Waals surface area contributed by atoms with Crippen molar-refractivity contribution >= 4 is 28.5 Å². The zero-order chi connectivity index (χ0) is 21.4. The molecule has 0 saturated heterocycles. The Balaban J connectivity index is 0.00000136. The van der Waals surface area contributed by atoms with Crippen molar-refractivity contribution in [1.29, 1.82) is 0 Å². The van der Waals surface area contributed by atoms with E-state index in [4.69, 9.17) is 17.3 Å². The van der Waals surface area contributed by atoms with Crippen LogP contribution in [0.2, 0.25) is 5.02 Å². The molecule has 152 valence electrons. The number of anilines is 1. The van der Waals surface area contributed by atoms with E-state index in [1.54, 1.807) is 6.92 Å². The molecule has 0 aliphatic heterocycles. The van der Waals surface area contributed by atoms with E-state index in [0.717, 1.165) is 4.68 Å². The van der Waals surface area contributed by atoms with Gasteiger partial charge in [0, 0.05) is 12.4 Å². The van der Waals surface area contributed by atoms with Gasteiger partial charge in [0.05, 0.1) is 21.7 Å². The molecule has 0 amide bonds. The van der Waals surface area contributed by atoms with Crippen LogP contribution in [-0.2, 0) is 12.4 Å². The number of nitrogens with two attached hydrogens (primary N) is 1. The molecule has 0 atom stereocenters. The van der Waals surface area contributed by atoms with Gasteiger partial charge in [0.15, 0.2) is 5.65 Å². The zero-order valence-electron chi connectivity index (χ0n) is 14.7. The number of aromatic nitrogens is 4. The highest BCUT2D eigenvalue weighted by molar-refractivity contribution is 6.32. The van der Waals surface area contributed by atoms with Crippen molar-refractivity contribution in [2.24, 2.45) is 0 Å². The molecule has 28 heavy (non-hydrogen) atoms. The highest BCUT2D eigenvalue weighted by atomic mass is 35.5. The third-order valence-corrected chi connectivity index (χ3v) is 3.82. The van der Waals surface area contributed by atoms with E-state index in [9.17, 15) is 26.3 Å². The monoisotopic (exact) mass is 425 g/mol. The Morgan fingerprint density at radius 2 is 1.64 bits per heavy atom. The number of fused-ring (bicyclic) bond motifs is 1. The highest BCUT2D eigenvalue weighted by Gasteiger charge is 2.41. The Morgan fingerprint density at radius 1 is 1.04 bits per heavy atom. The molecule has 0 aliphatic rings. The first-order valence-electron chi connectivity index (χ1n) is 7.85. The molecule has 3 aromatic heterocycles. The fourth-order valence-corrected chi connectivity index (χ4v) is 2.73. The average Bonchev–Trinajstić information content (AvgIpc) is 2.91. The van der Waals surface area contributed by atoms with Crippen LogP contribution < -0.4 is 5.73 Å². The van der Waals surface area contributed by atoms with Gasteiger partial charge in [0.2, 0.25) is 0 Å². The number of pyridine rings is 2. The van der Waals surface area contributed by atoms with E-state index in [1.165, 1.54) is 12.4 Å². The third-order valence-electron chi connectivity index (χ3n) is 3.54. The summed E-state index contributed by atoms with van der Waals surface area (Å²) in [6.45, 7) is 5.54. The molecule has 3 rings (SSSR count). The third kappa shape index (κ3) is 3.84. The zero-order valence-corrected chi connectivity index (χ0v) is 15.5. The summed E-state index contributed by atoms with van der Waals surface area (Å²) < 4.78 is 79.5. The first-order valence-corrected chi connectivity index (χ1v) is 8.23. The Bertz CT molecular complexity index is 989. The molecule has 0 fully saturated rings. The van der Waals surface area contributed by atoms with Crippen molar-refractivity contribution < 1.29 is 26.3 Å². The van der Waals surface area contributed by atoms with Crippen LogP contribution in [0, 0.1) is 6.92 Å². The quantitative estimate of drug-likeness (QED) is 0.528. The summed E-state index contributed by atoms with van der Waals surface area (Å²) in [6, 6.07) is -0.0915. The minimum absolute atomic E-state index is 0.00843. The number of nitrogen functional groups attached to an aromatic ring is 1. The molecule has 3 heterocycles. The lowest BCUT2D eigenvalue weighted by molar-refractivity contribution is -0.144. The van der Waals surface area contributed by atoms with E-state index in [0.29, 0.717) is 5.56 Å². The summed E-state index contributed by atoms with van der Waals surface area (Å²) in [4.78, 5) is 6.99. The van der Waals surface area contributed by atoms with Crippen LogP contribution in [0.25, 0.3) is 16.7 Å². The first-order chi connectivity index (χ1) is 12.9. The van der Waals surface area contributed by atoms with Gasteiger partial charge in [-0.2, -0.15) is 26.3 Å². The number of nitrogens with zero attached hydrogens (tertiary/aromatic N) is 4. The molecule has 2 N–H and O–H groups in total. The van der Waals surface area contributed by atoms with Gasteiger partial charge >= 0.3 is 12.4 Å². The van der Waals surface area contributed by atoms with Crippen LogP contribution >= 0.6 is 11.6 Å². The van der Waals surface area contributed by atoms with E-state index in [2.05, 4.69) is 15.1 Å². The minimum Gasteiger partial charge on any atom is -0.383 e. The molecule has 5 nitrogen and oxygen atoms in total. The molecule has 0 saturated carbocycles. The molecule has 0 aliphatic carbocycles. The van der Waals surface area contributed by atoms with E-state index < -0.39 is 40.5 Å². The van der Waals surface area contributed by atoms with Crippen LogP contribution in [-0.4, -0.2) is 19.7 Å². The largest absolute Gasteiger partial charge is 0.433 e. The summed E-state index contributed by atoms with van der Waals surface area (Å²) >= 11 is 6.00. The molecule has 0 spiro atoms. The number of hydrogen-bond acceptors (Lipinski definition) is 4. The smallest absolute Gasteiger partial charge is 0.383 e. The SMILES string of the molecule is CC.Cc1cncc(Cl)c1-n1nc2nc(C(F)(F)F)cc(C(F)(F)F)c2c1N. The number of alkyl halides is 6. The molecule has 0 bridgehead atoms. The van der Waals surface area contributed by atoms with Crippen LogP contribution in [0.5, 0.6) is 0 Å². The van der Waals surface area contributed by atoms with E-state index in [-0.39, 0.29) is 16.8 Å². The van der Waals surface area contributed by atoms with E-state index >= 15 is 0 Å². The Labute approximate surface area is 160 Å². The summed E-state index contributed by atoms with van der Waals surface area (Å²) in [5, 5.41) is 2.99. The molecule has 0 aromatic carbocycles. The molecule has 0 radical (unpaired) electrons. The van der Waals surface area contributed by atoms with Crippen LogP contribution in [0.3, 0.4) is 0 Å². The average molecular weight is 426 g/mol. The number of aryl methyl sites for hydroxylation is 1. The summed E-state index contributed by atoms with van der Waals surface area (Å²) in [5.74, 6) is -0.537. The predicted octanol–water partition coefficient (Wildman–Crippen LogP) is 5.42. The maximum absolute atomic E-state index is 13.3. The second-order valence-electron chi connectivity index (χ2n) is 5.33. The lowest BCUT2D eigenvalue weighted by Gasteiger charge is -2.12. The van der Waals surface area contributed by atoms with Gasteiger partial charge in [-0.25, -0.2) is 9.67 Å². The van der Waals surface area contributed by atoms with Gasteiger partial charge in [-0.3, -0.25) is 4.98 Å². The van der Waals surface area contributed by atoms with Gasteiger partial charge < -0.3 is 5.73 Å². The maximum Gasteiger partial charge on any atom is 0.433 e. The minimum atomic E-state index is -5.10. The lowest BCUT2D eigenvalue weighted by atomic mass is 10.1. The van der Waals surface area contributed by atoms with Gasteiger partial charge in [-0.15, -0.1) is 5.10 Å². The molecular formula is C16H14ClF6N5. The van der Waals surface area contributed by atoms with Gasteiger partial charge in [0.25, 0.3) is 0 Å². The highest BCUT2D eigenvalue weighted by Crippen LogP contribution is 2.41. The molecule has 0 unspecified atom stereocenters. The van der Waals surface area contributed by atoms with Crippen molar-refractivity contribution in [2.75, 3.05) is 5.73 Å². The standard InChI is InChI=1S/C14H8ClF6N5.C2H6/c1-5-3-23-4-7(15)10(5)26-11(22)9-6(13(16,17)18)2-8(14(19,20)21)24-12(9)25-26;1-2/h2-4H,22H2,1H3;1-2H3. The summed E-state index contributed by atoms with van der Waals surface area (Å²) in [7, 11) is 0. The Morgan fingerprint density at radius 3 is 2.14 bits per heavy atom. The number of hydrogen-bond donors (Lipinski definition) is 1. The van der Waals surface area contributed by atoms with Crippen molar-refractivity contribution in [3.63, 3.8) is 0 Å². The predicted molar refractivity (Wildman–Crippen MR) is 92.2 cm³/mol. The second kappa shape index (κ2) is 7.46. The van der Waals surface area contributed by atoms with Crippen LogP contribution in [0.1, 0.15) is 30.7 Å². The Hall–Kier alpha value is -2.56. The van der Waals surface area contributed by atoms with Crippen molar-refractivity contribution in [3.8, 4) is 5.69 Å².